The molecule has 0 radical (unpaired) electrons. The highest BCUT2D eigenvalue weighted by Crippen LogP contribution is 2.28. The van der Waals surface area contributed by atoms with Crippen molar-refractivity contribution in [1.82, 2.24) is 38.9 Å². The lowest BCUT2D eigenvalue weighted by Gasteiger charge is -2.41. The van der Waals surface area contributed by atoms with Crippen molar-refractivity contribution in [1.29, 1.82) is 0 Å². The molecule has 1 saturated carbocycles. The fraction of sp³-hybridized carbons (Fsp3) is 0.538. The number of alkyl halides is 2. The topological polar surface area (TPSA) is 79.4 Å². The van der Waals surface area contributed by atoms with Crippen LogP contribution in [0.3, 0.4) is 0 Å². The molecule has 0 unspecified atom stereocenters. The van der Waals surface area contributed by atoms with Crippen LogP contribution in [0.5, 0.6) is 0 Å². The Morgan fingerprint density at radius 2 is 1.81 bits per heavy atom. The van der Waals surface area contributed by atoms with Gasteiger partial charge in [0, 0.05) is 50.0 Å². The summed E-state index contributed by atoms with van der Waals surface area (Å²) in [6, 6.07) is 6.68. The molecule has 9 nitrogen and oxygen atoms in total. The molecule has 196 valence electrons. The Hall–Kier alpha value is -3.18. The lowest BCUT2D eigenvalue weighted by molar-refractivity contribution is 0.0893. The van der Waals surface area contributed by atoms with Gasteiger partial charge in [0.15, 0.2) is 5.65 Å². The fourth-order valence-corrected chi connectivity index (χ4v) is 5.76. The highest BCUT2D eigenvalue weighted by molar-refractivity contribution is 5.82. The molecule has 1 aliphatic heterocycles. The van der Waals surface area contributed by atoms with E-state index < -0.39 is 13.0 Å². The third-order valence-corrected chi connectivity index (χ3v) is 7.88. The highest BCUT2D eigenvalue weighted by Gasteiger charge is 2.28. The second-order valence-electron chi connectivity index (χ2n) is 10.3. The number of hydrogen-bond donors (Lipinski definition) is 1. The van der Waals surface area contributed by atoms with Gasteiger partial charge in [-0.1, -0.05) is 0 Å². The van der Waals surface area contributed by atoms with Crippen LogP contribution in [0.4, 0.5) is 14.7 Å². The van der Waals surface area contributed by atoms with E-state index in [2.05, 4.69) is 37.1 Å². The predicted octanol–water partition coefficient (Wildman–Crippen LogP) is 3.69. The molecular formula is C26H33F2N9. The minimum atomic E-state index is -2.47. The Morgan fingerprint density at radius 1 is 1.03 bits per heavy atom. The Kier molecular flexibility index (Phi) is 6.49. The number of imidazole rings is 1. The Labute approximate surface area is 214 Å². The van der Waals surface area contributed by atoms with Crippen molar-refractivity contribution in [2.45, 2.75) is 57.7 Å². The average molecular weight is 510 g/mol. The number of anilines is 1. The second kappa shape index (κ2) is 9.94. The van der Waals surface area contributed by atoms with Crippen molar-refractivity contribution in [3.8, 4) is 11.3 Å². The molecule has 1 saturated heterocycles. The molecule has 6 rings (SSSR count). The van der Waals surface area contributed by atoms with E-state index in [1.165, 1.54) is 30.5 Å². The molecule has 2 fully saturated rings. The van der Waals surface area contributed by atoms with E-state index in [1.54, 1.807) is 17.6 Å². The van der Waals surface area contributed by atoms with Gasteiger partial charge >= 0.3 is 0 Å². The molecule has 0 amide bonds. The molecule has 1 N–H and O–H groups in total. The van der Waals surface area contributed by atoms with Crippen LogP contribution in [-0.2, 0) is 6.54 Å². The van der Waals surface area contributed by atoms with Gasteiger partial charge in [-0.2, -0.15) is 0 Å². The summed E-state index contributed by atoms with van der Waals surface area (Å²) in [6.07, 6.45) is 5.84. The smallest absolute Gasteiger partial charge is 0.256 e. The van der Waals surface area contributed by atoms with Gasteiger partial charge in [0.2, 0.25) is 5.95 Å². The van der Waals surface area contributed by atoms with Gasteiger partial charge < -0.3 is 14.8 Å². The first-order valence-corrected chi connectivity index (χ1v) is 13.1. The molecule has 11 heteroatoms. The molecule has 5 heterocycles. The van der Waals surface area contributed by atoms with Crippen LogP contribution in [0.15, 0.2) is 30.6 Å². The number of nitrogens with one attached hydrogen (secondary N) is 1. The molecular weight excluding hydrogens is 476 g/mol. The zero-order chi connectivity index (χ0) is 25.5. The first kappa shape index (κ1) is 24.2. The Balaban J connectivity index is 1.16. The molecule has 37 heavy (non-hydrogen) atoms. The van der Waals surface area contributed by atoms with Crippen LogP contribution in [0.1, 0.15) is 31.5 Å². The first-order chi connectivity index (χ1) is 17.9. The lowest BCUT2D eigenvalue weighted by atomic mass is 9.90. The number of hydrogen-bond acceptors (Lipinski definition) is 7. The van der Waals surface area contributed by atoms with Crippen molar-refractivity contribution in [2.75, 3.05) is 38.5 Å². The number of fused-ring (bicyclic) bond motifs is 2. The number of rotatable bonds is 6. The number of nitrogens with zero attached hydrogens (tertiary/aromatic N) is 8. The third-order valence-electron chi connectivity index (χ3n) is 7.88. The zero-order valence-corrected chi connectivity index (χ0v) is 21.3. The SMILES string of the molecule is Cc1nc2ccc(-c3ccn4nc(N[C@H]5CC[C@H](N6CCN(C)CC6)CC5)ncc34)nc2n1CC(F)F. The highest BCUT2D eigenvalue weighted by atomic mass is 19.3. The number of likely N-dealkylation sites (N-methyl/N-ethyl adjacent to an activating group) is 1. The number of halogens is 2. The van der Waals surface area contributed by atoms with Crippen LogP contribution >= 0.6 is 0 Å². The summed E-state index contributed by atoms with van der Waals surface area (Å²) in [5, 5.41) is 8.23. The van der Waals surface area contributed by atoms with Crippen molar-refractivity contribution in [2.24, 2.45) is 0 Å². The first-order valence-electron chi connectivity index (χ1n) is 13.1. The van der Waals surface area contributed by atoms with Gasteiger partial charge in [0.1, 0.15) is 11.3 Å². The zero-order valence-electron chi connectivity index (χ0n) is 21.3. The molecule has 0 bridgehead atoms. The second-order valence-corrected chi connectivity index (χ2v) is 10.3. The molecule has 0 atom stereocenters. The van der Waals surface area contributed by atoms with E-state index in [-0.39, 0.29) is 0 Å². The summed E-state index contributed by atoms with van der Waals surface area (Å²) in [5.41, 5.74) is 3.41. The standard InChI is InChI=1S/C26H33F2N9/c1-17-30-22-8-7-21(32-25(22)36(17)16-24(27)28)20-9-10-37-23(20)15-29-26(33-37)31-18-3-5-19(6-4-18)35-13-11-34(2)12-14-35/h7-10,15,18-19,24H,3-6,11-14,16H2,1-2H3,(H,31,33)/t18-,19-. The number of aromatic nitrogens is 6. The van der Waals surface area contributed by atoms with Crippen molar-refractivity contribution < 1.29 is 8.78 Å². The molecule has 1 aliphatic carbocycles. The summed E-state index contributed by atoms with van der Waals surface area (Å²) >= 11 is 0. The number of pyridine rings is 1. The quantitative estimate of drug-likeness (QED) is 0.425. The molecule has 0 aromatic carbocycles. The maximum absolute atomic E-state index is 13.1. The summed E-state index contributed by atoms with van der Waals surface area (Å²) in [4.78, 5) is 18.7. The third kappa shape index (κ3) is 4.89. The van der Waals surface area contributed by atoms with Crippen LogP contribution in [0, 0.1) is 6.92 Å². The fourth-order valence-electron chi connectivity index (χ4n) is 5.76. The van der Waals surface area contributed by atoms with E-state index in [1.807, 2.05) is 24.4 Å². The van der Waals surface area contributed by atoms with E-state index in [4.69, 9.17) is 5.10 Å². The summed E-state index contributed by atoms with van der Waals surface area (Å²) in [6.45, 7) is 5.96. The van der Waals surface area contributed by atoms with Gasteiger partial charge in [-0.05, 0) is 57.9 Å². The lowest BCUT2D eigenvalue weighted by Crippen LogP contribution is -2.50. The van der Waals surface area contributed by atoms with E-state index >= 15 is 0 Å². The van der Waals surface area contributed by atoms with Gasteiger partial charge in [0.25, 0.3) is 6.43 Å². The predicted molar refractivity (Wildman–Crippen MR) is 139 cm³/mol. The van der Waals surface area contributed by atoms with Gasteiger partial charge in [-0.25, -0.2) is 28.2 Å². The van der Waals surface area contributed by atoms with Gasteiger partial charge in [0.05, 0.1) is 24.0 Å². The summed E-state index contributed by atoms with van der Waals surface area (Å²) in [5.74, 6) is 1.14. The Bertz CT molecular complexity index is 1380. The van der Waals surface area contributed by atoms with E-state index in [9.17, 15) is 8.78 Å². The minimum absolute atomic E-state index is 0.374. The Morgan fingerprint density at radius 3 is 2.57 bits per heavy atom. The number of aryl methyl sites for hydroxylation is 1. The molecule has 4 aromatic heterocycles. The largest absolute Gasteiger partial charge is 0.350 e. The van der Waals surface area contributed by atoms with Gasteiger partial charge in [-0.3, -0.25) is 4.90 Å². The minimum Gasteiger partial charge on any atom is -0.350 e. The normalized spacial score (nSPS) is 21.9. The molecule has 0 spiro atoms. The van der Waals surface area contributed by atoms with Crippen molar-refractivity contribution in [3.05, 3.63) is 36.4 Å². The van der Waals surface area contributed by atoms with Crippen LogP contribution < -0.4 is 5.32 Å². The molecule has 2 aliphatic rings. The van der Waals surface area contributed by atoms with Crippen LogP contribution in [0.2, 0.25) is 0 Å². The summed E-state index contributed by atoms with van der Waals surface area (Å²) < 4.78 is 29.5. The van der Waals surface area contributed by atoms with E-state index in [0.29, 0.717) is 40.7 Å². The maximum Gasteiger partial charge on any atom is 0.256 e. The monoisotopic (exact) mass is 509 g/mol. The molecule has 4 aromatic rings. The van der Waals surface area contributed by atoms with Crippen molar-refractivity contribution in [3.63, 3.8) is 0 Å². The van der Waals surface area contributed by atoms with Gasteiger partial charge in [-0.15, -0.1) is 5.10 Å². The average Bonchev–Trinajstić information content (AvgIpc) is 3.45. The summed E-state index contributed by atoms with van der Waals surface area (Å²) in [7, 11) is 2.20. The van der Waals surface area contributed by atoms with E-state index in [0.717, 1.165) is 37.0 Å². The van der Waals surface area contributed by atoms with Crippen LogP contribution in [0.25, 0.3) is 27.9 Å². The van der Waals surface area contributed by atoms with Crippen molar-refractivity contribution >= 4 is 22.6 Å². The number of piperazine rings is 1. The maximum atomic E-state index is 13.1. The van der Waals surface area contributed by atoms with Crippen LogP contribution in [-0.4, -0.2) is 90.7 Å².